The Morgan fingerprint density at radius 1 is 1.50 bits per heavy atom. The molecule has 1 aliphatic heterocycles. The lowest BCUT2D eigenvalue weighted by atomic mass is 9.81. The maximum atomic E-state index is 11.4. The Morgan fingerprint density at radius 2 is 2.19 bits per heavy atom. The maximum Gasteiger partial charge on any atom is 0.225 e. The number of carbonyl (C=O) groups excluding carboxylic acids is 1. The third-order valence-corrected chi connectivity index (χ3v) is 3.13. The van der Waals surface area contributed by atoms with Crippen molar-refractivity contribution in [1.29, 1.82) is 0 Å². The van der Waals surface area contributed by atoms with Crippen molar-refractivity contribution in [1.82, 2.24) is 9.97 Å². The zero-order chi connectivity index (χ0) is 11.6. The fourth-order valence-corrected chi connectivity index (χ4v) is 2.07. The molecule has 1 aliphatic rings. The molecule has 1 aromatic rings. The van der Waals surface area contributed by atoms with Gasteiger partial charge in [0, 0.05) is 25.5 Å². The van der Waals surface area contributed by atoms with E-state index in [1.165, 1.54) is 0 Å². The third-order valence-electron chi connectivity index (χ3n) is 3.13. The van der Waals surface area contributed by atoms with Gasteiger partial charge in [0.1, 0.15) is 0 Å². The van der Waals surface area contributed by atoms with E-state index in [0.29, 0.717) is 12.5 Å². The van der Waals surface area contributed by atoms with Gasteiger partial charge in [-0.2, -0.15) is 0 Å². The van der Waals surface area contributed by atoms with Crippen LogP contribution in [0.15, 0.2) is 18.5 Å². The first-order valence-electron chi connectivity index (χ1n) is 5.44. The van der Waals surface area contributed by atoms with Crippen LogP contribution in [0.3, 0.4) is 0 Å². The van der Waals surface area contributed by atoms with E-state index in [2.05, 4.69) is 9.97 Å². The molecule has 1 fully saturated rings. The van der Waals surface area contributed by atoms with Crippen LogP contribution in [0.2, 0.25) is 0 Å². The number of carbonyl (C=O) groups is 1. The van der Waals surface area contributed by atoms with E-state index in [-0.39, 0.29) is 5.91 Å². The van der Waals surface area contributed by atoms with Gasteiger partial charge in [-0.05, 0) is 25.8 Å². The van der Waals surface area contributed by atoms with Crippen molar-refractivity contribution in [2.45, 2.75) is 19.8 Å². The summed E-state index contributed by atoms with van der Waals surface area (Å²) in [5.41, 5.74) is 4.97. The molecular weight excluding hydrogens is 204 g/mol. The zero-order valence-electron chi connectivity index (χ0n) is 9.39. The molecule has 5 heteroatoms. The van der Waals surface area contributed by atoms with E-state index in [1.54, 1.807) is 18.5 Å². The Labute approximate surface area is 94.7 Å². The Balaban J connectivity index is 2.17. The fourth-order valence-electron chi connectivity index (χ4n) is 2.07. The van der Waals surface area contributed by atoms with Crippen molar-refractivity contribution in [3.05, 3.63) is 18.5 Å². The molecule has 0 spiro atoms. The van der Waals surface area contributed by atoms with E-state index < -0.39 is 5.41 Å². The van der Waals surface area contributed by atoms with Gasteiger partial charge in [0.15, 0.2) is 0 Å². The molecule has 86 valence electrons. The Hall–Kier alpha value is -1.65. The van der Waals surface area contributed by atoms with Crippen molar-refractivity contribution in [3.8, 4) is 0 Å². The highest BCUT2D eigenvalue weighted by atomic mass is 16.1. The lowest BCUT2D eigenvalue weighted by Gasteiger charge is -2.38. The number of piperidine rings is 1. The van der Waals surface area contributed by atoms with Crippen LogP contribution in [-0.2, 0) is 4.79 Å². The molecule has 16 heavy (non-hydrogen) atoms. The molecule has 2 heterocycles. The van der Waals surface area contributed by atoms with Gasteiger partial charge in [0.25, 0.3) is 0 Å². The summed E-state index contributed by atoms with van der Waals surface area (Å²) < 4.78 is 0. The number of anilines is 1. The molecule has 2 rings (SSSR count). The number of hydrogen-bond donors (Lipinski definition) is 1. The molecule has 0 bridgehead atoms. The molecule has 1 amide bonds. The third kappa shape index (κ3) is 1.98. The monoisotopic (exact) mass is 220 g/mol. The highest BCUT2D eigenvalue weighted by molar-refractivity contribution is 5.81. The number of rotatable bonds is 2. The second-order valence-corrected chi connectivity index (χ2v) is 4.50. The van der Waals surface area contributed by atoms with Gasteiger partial charge in [-0.25, -0.2) is 9.97 Å². The van der Waals surface area contributed by atoms with Crippen molar-refractivity contribution in [2.24, 2.45) is 11.1 Å². The quantitative estimate of drug-likeness (QED) is 0.790. The van der Waals surface area contributed by atoms with E-state index in [1.807, 2.05) is 11.8 Å². The normalized spacial score (nSPS) is 25.4. The number of hydrogen-bond acceptors (Lipinski definition) is 4. The Kier molecular flexibility index (Phi) is 2.77. The molecule has 0 saturated carbocycles. The molecule has 5 nitrogen and oxygen atoms in total. The van der Waals surface area contributed by atoms with Gasteiger partial charge in [-0.3, -0.25) is 4.79 Å². The van der Waals surface area contributed by atoms with Crippen LogP contribution < -0.4 is 10.6 Å². The molecule has 0 aliphatic carbocycles. The number of aromatic nitrogens is 2. The van der Waals surface area contributed by atoms with E-state index in [9.17, 15) is 4.79 Å². The van der Waals surface area contributed by atoms with Crippen LogP contribution in [-0.4, -0.2) is 29.0 Å². The highest BCUT2D eigenvalue weighted by Crippen LogP contribution is 2.30. The van der Waals surface area contributed by atoms with Gasteiger partial charge in [0.05, 0.1) is 5.41 Å². The van der Waals surface area contributed by atoms with Crippen LogP contribution in [0.25, 0.3) is 0 Å². The van der Waals surface area contributed by atoms with Crippen molar-refractivity contribution < 1.29 is 4.79 Å². The summed E-state index contributed by atoms with van der Waals surface area (Å²) in [6.45, 7) is 3.39. The summed E-state index contributed by atoms with van der Waals surface area (Å²) >= 11 is 0. The molecule has 2 N–H and O–H groups in total. The van der Waals surface area contributed by atoms with Gasteiger partial charge >= 0.3 is 0 Å². The molecule has 0 unspecified atom stereocenters. The van der Waals surface area contributed by atoms with Crippen LogP contribution in [0.1, 0.15) is 19.8 Å². The van der Waals surface area contributed by atoms with Crippen molar-refractivity contribution in [3.63, 3.8) is 0 Å². The largest absolute Gasteiger partial charge is 0.369 e. The lowest BCUT2D eigenvalue weighted by Crippen LogP contribution is -2.49. The first kappa shape index (κ1) is 10.9. The fraction of sp³-hybridized carbons (Fsp3) is 0.545. The Morgan fingerprint density at radius 3 is 2.81 bits per heavy atom. The topological polar surface area (TPSA) is 72.1 Å². The summed E-state index contributed by atoms with van der Waals surface area (Å²) in [5, 5.41) is 0. The highest BCUT2D eigenvalue weighted by Gasteiger charge is 2.36. The average molecular weight is 220 g/mol. The second-order valence-electron chi connectivity index (χ2n) is 4.50. The number of nitrogens with zero attached hydrogens (tertiary/aromatic N) is 3. The van der Waals surface area contributed by atoms with E-state index >= 15 is 0 Å². The van der Waals surface area contributed by atoms with Gasteiger partial charge in [0.2, 0.25) is 11.9 Å². The minimum absolute atomic E-state index is 0.242. The predicted octanol–water partition coefficient (Wildman–Crippen LogP) is 0.568. The van der Waals surface area contributed by atoms with E-state index in [4.69, 9.17) is 5.73 Å². The minimum atomic E-state index is -0.461. The smallest absolute Gasteiger partial charge is 0.225 e. The average Bonchev–Trinajstić information content (AvgIpc) is 2.30. The number of primary amides is 1. The van der Waals surface area contributed by atoms with Crippen LogP contribution in [0.5, 0.6) is 0 Å². The molecule has 0 radical (unpaired) electrons. The van der Waals surface area contributed by atoms with Crippen LogP contribution in [0, 0.1) is 5.41 Å². The SMILES string of the molecule is C[C@]1(C(N)=O)CCCN(c2ncccn2)C1. The lowest BCUT2D eigenvalue weighted by molar-refractivity contribution is -0.127. The molecule has 1 saturated heterocycles. The summed E-state index contributed by atoms with van der Waals surface area (Å²) in [7, 11) is 0. The van der Waals surface area contributed by atoms with Gasteiger partial charge in [-0.15, -0.1) is 0 Å². The van der Waals surface area contributed by atoms with Crippen molar-refractivity contribution >= 4 is 11.9 Å². The zero-order valence-corrected chi connectivity index (χ0v) is 9.39. The summed E-state index contributed by atoms with van der Waals surface area (Å²) in [6, 6.07) is 1.78. The number of nitrogens with two attached hydrogens (primary N) is 1. The first-order valence-corrected chi connectivity index (χ1v) is 5.44. The summed E-state index contributed by atoms with van der Waals surface area (Å²) in [5.74, 6) is 0.433. The van der Waals surface area contributed by atoms with Crippen LogP contribution >= 0.6 is 0 Å². The van der Waals surface area contributed by atoms with Gasteiger partial charge < -0.3 is 10.6 Å². The first-order chi connectivity index (χ1) is 7.62. The van der Waals surface area contributed by atoms with Crippen molar-refractivity contribution in [2.75, 3.05) is 18.0 Å². The molecule has 1 aromatic heterocycles. The Bertz CT molecular complexity index is 381. The predicted molar refractivity (Wildman–Crippen MR) is 60.8 cm³/mol. The van der Waals surface area contributed by atoms with Gasteiger partial charge in [-0.1, -0.05) is 0 Å². The molecular formula is C11H16N4O. The number of amides is 1. The standard InChI is InChI=1S/C11H16N4O/c1-11(9(12)16)4-2-7-15(8-11)10-13-5-3-6-14-10/h3,5-6H,2,4,7-8H2,1H3,(H2,12,16)/t11-/m0/s1. The summed E-state index contributed by atoms with van der Waals surface area (Å²) in [4.78, 5) is 21.8. The minimum Gasteiger partial charge on any atom is -0.369 e. The molecule has 1 atom stereocenters. The second kappa shape index (κ2) is 4.08. The molecule has 0 aromatic carbocycles. The van der Waals surface area contributed by atoms with E-state index in [0.717, 1.165) is 19.4 Å². The summed E-state index contributed by atoms with van der Waals surface area (Å²) in [6.07, 6.45) is 5.19. The maximum absolute atomic E-state index is 11.4. The van der Waals surface area contributed by atoms with Crippen LogP contribution in [0.4, 0.5) is 5.95 Å².